The molecule has 1 aromatic carbocycles. The molecule has 0 unspecified atom stereocenters. The SMILES string of the molecule is CC(C)n1ncnc1COC(=O)c1cccc(N)c1Cl. The van der Waals surface area contributed by atoms with Crippen molar-refractivity contribution in [2.75, 3.05) is 5.73 Å². The Balaban J connectivity index is 2.09. The lowest BCUT2D eigenvalue weighted by Gasteiger charge is -2.10. The van der Waals surface area contributed by atoms with E-state index >= 15 is 0 Å². The second-order valence-electron chi connectivity index (χ2n) is 4.50. The lowest BCUT2D eigenvalue weighted by molar-refractivity contribution is 0.0455. The minimum absolute atomic E-state index is 0.0299. The minimum atomic E-state index is -0.541. The third-order valence-corrected chi connectivity index (χ3v) is 3.14. The summed E-state index contributed by atoms with van der Waals surface area (Å²) in [6, 6.07) is 4.97. The van der Waals surface area contributed by atoms with Gasteiger partial charge in [-0.3, -0.25) is 0 Å². The Hall–Kier alpha value is -2.08. The van der Waals surface area contributed by atoms with E-state index in [1.165, 1.54) is 6.33 Å². The first-order valence-electron chi connectivity index (χ1n) is 6.10. The van der Waals surface area contributed by atoms with Gasteiger partial charge in [0.1, 0.15) is 6.33 Å². The number of nitrogens with zero attached hydrogens (tertiary/aromatic N) is 3. The van der Waals surface area contributed by atoms with Crippen molar-refractivity contribution in [1.82, 2.24) is 14.8 Å². The number of halogens is 1. The average molecular weight is 295 g/mol. The van der Waals surface area contributed by atoms with Gasteiger partial charge in [-0.1, -0.05) is 17.7 Å². The molecule has 2 rings (SSSR count). The predicted molar refractivity (Wildman–Crippen MR) is 75.4 cm³/mol. The maximum absolute atomic E-state index is 12.0. The molecule has 1 aromatic heterocycles. The van der Waals surface area contributed by atoms with Crippen LogP contribution in [0.2, 0.25) is 5.02 Å². The van der Waals surface area contributed by atoms with Gasteiger partial charge in [0.15, 0.2) is 12.4 Å². The molecule has 106 valence electrons. The zero-order valence-corrected chi connectivity index (χ0v) is 12.0. The van der Waals surface area contributed by atoms with Crippen LogP contribution in [-0.4, -0.2) is 20.7 Å². The van der Waals surface area contributed by atoms with Crippen molar-refractivity contribution in [2.24, 2.45) is 0 Å². The normalized spacial score (nSPS) is 10.8. The summed E-state index contributed by atoms with van der Waals surface area (Å²) in [5.41, 5.74) is 6.22. The smallest absolute Gasteiger partial charge is 0.340 e. The van der Waals surface area contributed by atoms with Crippen molar-refractivity contribution in [1.29, 1.82) is 0 Å². The fourth-order valence-corrected chi connectivity index (χ4v) is 1.93. The summed E-state index contributed by atoms with van der Waals surface area (Å²) in [4.78, 5) is 16.0. The fraction of sp³-hybridized carbons (Fsp3) is 0.308. The first kappa shape index (κ1) is 14.3. The van der Waals surface area contributed by atoms with Crippen LogP contribution < -0.4 is 5.73 Å². The van der Waals surface area contributed by atoms with E-state index in [2.05, 4.69) is 10.1 Å². The van der Waals surface area contributed by atoms with Crippen LogP contribution in [0.15, 0.2) is 24.5 Å². The van der Waals surface area contributed by atoms with Crippen molar-refractivity contribution >= 4 is 23.3 Å². The van der Waals surface area contributed by atoms with Gasteiger partial charge in [-0.2, -0.15) is 5.10 Å². The molecule has 0 amide bonds. The minimum Gasteiger partial charge on any atom is -0.454 e. The summed E-state index contributed by atoms with van der Waals surface area (Å²) in [5, 5.41) is 4.26. The quantitative estimate of drug-likeness (QED) is 0.692. The fourth-order valence-electron chi connectivity index (χ4n) is 1.72. The van der Waals surface area contributed by atoms with Gasteiger partial charge in [-0.25, -0.2) is 14.5 Å². The molecule has 6 nitrogen and oxygen atoms in total. The third kappa shape index (κ3) is 2.91. The van der Waals surface area contributed by atoms with Gasteiger partial charge < -0.3 is 10.5 Å². The van der Waals surface area contributed by atoms with Crippen LogP contribution >= 0.6 is 11.6 Å². The van der Waals surface area contributed by atoms with Crippen molar-refractivity contribution < 1.29 is 9.53 Å². The molecule has 0 radical (unpaired) electrons. The molecule has 2 N–H and O–H groups in total. The molecule has 0 spiro atoms. The highest BCUT2D eigenvalue weighted by Gasteiger charge is 2.15. The van der Waals surface area contributed by atoms with Crippen LogP contribution in [0.4, 0.5) is 5.69 Å². The molecule has 20 heavy (non-hydrogen) atoms. The zero-order chi connectivity index (χ0) is 14.7. The van der Waals surface area contributed by atoms with Gasteiger partial charge >= 0.3 is 5.97 Å². The van der Waals surface area contributed by atoms with E-state index < -0.39 is 5.97 Å². The van der Waals surface area contributed by atoms with Gasteiger partial charge in [-0.05, 0) is 26.0 Å². The number of ether oxygens (including phenoxy) is 1. The maximum atomic E-state index is 12.0. The van der Waals surface area contributed by atoms with Crippen molar-refractivity contribution in [3.8, 4) is 0 Å². The van der Waals surface area contributed by atoms with Crippen LogP contribution in [0.3, 0.4) is 0 Å². The first-order chi connectivity index (χ1) is 9.50. The number of rotatable bonds is 4. The summed E-state index contributed by atoms with van der Waals surface area (Å²) in [5.74, 6) is 0.0361. The molecule has 1 heterocycles. The second-order valence-corrected chi connectivity index (χ2v) is 4.88. The number of aromatic nitrogens is 3. The van der Waals surface area contributed by atoms with E-state index in [-0.39, 0.29) is 23.2 Å². The van der Waals surface area contributed by atoms with Crippen LogP contribution in [0, 0.1) is 0 Å². The Morgan fingerprint density at radius 2 is 2.25 bits per heavy atom. The summed E-state index contributed by atoms with van der Waals surface area (Å²) in [6.45, 7) is 3.96. The number of nitrogen functional groups attached to an aromatic ring is 1. The monoisotopic (exact) mass is 294 g/mol. The van der Waals surface area contributed by atoms with Crippen molar-refractivity contribution in [3.63, 3.8) is 0 Å². The summed E-state index contributed by atoms with van der Waals surface area (Å²) in [6.07, 6.45) is 1.43. The molecular weight excluding hydrogens is 280 g/mol. The molecule has 0 aliphatic carbocycles. The third-order valence-electron chi connectivity index (χ3n) is 2.72. The molecule has 0 fully saturated rings. The molecule has 7 heteroatoms. The Kier molecular flexibility index (Phi) is 4.24. The molecule has 0 bridgehead atoms. The maximum Gasteiger partial charge on any atom is 0.340 e. The van der Waals surface area contributed by atoms with Gasteiger partial charge in [0.2, 0.25) is 0 Å². The first-order valence-corrected chi connectivity index (χ1v) is 6.48. The number of carbonyl (C=O) groups excluding carboxylic acids is 1. The van der Waals surface area contributed by atoms with E-state index in [4.69, 9.17) is 22.1 Å². The van der Waals surface area contributed by atoms with Crippen LogP contribution in [0.5, 0.6) is 0 Å². The molecule has 0 aliphatic rings. The number of anilines is 1. The largest absolute Gasteiger partial charge is 0.454 e. The standard InChI is InChI=1S/C13H15ClN4O2/c1-8(2)18-11(16-7-17-18)6-20-13(19)9-4-3-5-10(15)12(9)14/h3-5,7-8H,6,15H2,1-2H3. The average Bonchev–Trinajstić information content (AvgIpc) is 2.87. The van der Waals surface area contributed by atoms with E-state index in [1.54, 1.807) is 22.9 Å². The van der Waals surface area contributed by atoms with E-state index in [9.17, 15) is 4.79 Å². The second kappa shape index (κ2) is 5.92. The zero-order valence-electron chi connectivity index (χ0n) is 11.2. The topological polar surface area (TPSA) is 83.0 Å². The van der Waals surface area contributed by atoms with Gasteiger partial charge in [0.25, 0.3) is 0 Å². The van der Waals surface area contributed by atoms with Crippen LogP contribution in [0.1, 0.15) is 36.1 Å². The summed E-state index contributed by atoms with van der Waals surface area (Å²) < 4.78 is 6.89. The highest BCUT2D eigenvalue weighted by Crippen LogP contribution is 2.23. The van der Waals surface area contributed by atoms with Crippen molar-refractivity contribution in [3.05, 3.63) is 40.9 Å². The molecule has 0 saturated heterocycles. The van der Waals surface area contributed by atoms with E-state index in [0.29, 0.717) is 11.5 Å². The Morgan fingerprint density at radius 1 is 1.50 bits per heavy atom. The summed E-state index contributed by atoms with van der Waals surface area (Å²) >= 11 is 5.97. The molecule has 0 atom stereocenters. The Bertz CT molecular complexity index is 625. The van der Waals surface area contributed by atoms with Gasteiger partial charge in [0, 0.05) is 6.04 Å². The lowest BCUT2D eigenvalue weighted by Crippen LogP contribution is -2.13. The van der Waals surface area contributed by atoms with Crippen LogP contribution in [0.25, 0.3) is 0 Å². The summed E-state index contributed by atoms with van der Waals surface area (Å²) in [7, 11) is 0. The van der Waals surface area contributed by atoms with E-state index in [0.717, 1.165) is 0 Å². The number of esters is 1. The molecule has 0 saturated carbocycles. The molecule has 2 aromatic rings. The predicted octanol–water partition coefficient (Wildman–Crippen LogP) is 2.45. The Labute approximate surface area is 121 Å². The van der Waals surface area contributed by atoms with Gasteiger partial charge in [-0.15, -0.1) is 0 Å². The number of nitrogens with two attached hydrogens (primary N) is 1. The highest BCUT2D eigenvalue weighted by molar-refractivity contribution is 6.36. The number of carbonyl (C=O) groups is 1. The molecule has 0 aliphatic heterocycles. The number of benzene rings is 1. The Morgan fingerprint density at radius 3 is 2.95 bits per heavy atom. The van der Waals surface area contributed by atoms with Crippen molar-refractivity contribution in [2.45, 2.75) is 26.5 Å². The number of hydrogen-bond donors (Lipinski definition) is 1. The highest BCUT2D eigenvalue weighted by atomic mass is 35.5. The van der Waals surface area contributed by atoms with Crippen LogP contribution in [-0.2, 0) is 11.3 Å². The van der Waals surface area contributed by atoms with E-state index in [1.807, 2.05) is 13.8 Å². The lowest BCUT2D eigenvalue weighted by atomic mass is 10.2. The number of hydrogen-bond acceptors (Lipinski definition) is 5. The molecular formula is C13H15ClN4O2. The van der Waals surface area contributed by atoms with Gasteiger partial charge in [0.05, 0.1) is 16.3 Å².